The quantitative estimate of drug-likeness (QED) is 0.332. The lowest BCUT2D eigenvalue weighted by atomic mass is 9.86. The number of hydrogen-bond donors (Lipinski definition) is 0. The van der Waals surface area contributed by atoms with Crippen LogP contribution in [0.5, 0.6) is 5.75 Å². The number of rotatable bonds is 2. The van der Waals surface area contributed by atoms with Gasteiger partial charge in [-0.05, 0) is 44.6 Å². The molecule has 0 N–H and O–H groups in total. The summed E-state index contributed by atoms with van der Waals surface area (Å²) >= 11 is 7.36. The maximum absolute atomic E-state index is 6.58. The largest absolute Gasteiger partial charge is 0.463 e. The minimum Gasteiger partial charge on any atom is -0.463 e. The van der Waals surface area contributed by atoms with Gasteiger partial charge < -0.3 is 4.74 Å². The maximum Gasteiger partial charge on any atom is 0.213 e. The van der Waals surface area contributed by atoms with Gasteiger partial charge in [0.2, 0.25) is 6.23 Å². The maximum atomic E-state index is 6.58. The third kappa shape index (κ3) is 3.83. The van der Waals surface area contributed by atoms with Crippen LogP contribution in [0.4, 0.5) is 0 Å². The zero-order chi connectivity index (χ0) is 21.8. The Kier molecular flexibility index (Phi) is 5.22. The normalized spacial score (nSPS) is 20.0. The lowest BCUT2D eigenvalue weighted by Crippen LogP contribution is -2.34. The van der Waals surface area contributed by atoms with E-state index in [-0.39, 0.29) is 17.7 Å². The molecule has 2 heterocycles. The molecule has 0 aliphatic carbocycles. The summed E-state index contributed by atoms with van der Waals surface area (Å²) in [6.45, 7) is 6.70. The van der Waals surface area contributed by atoms with Gasteiger partial charge in [0.15, 0.2) is 0 Å². The van der Waals surface area contributed by atoms with E-state index in [1.54, 1.807) is 0 Å². The van der Waals surface area contributed by atoms with E-state index in [4.69, 9.17) is 9.84 Å². The molecule has 2 aliphatic rings. The summed E-state index contributed by atoms with van der Waals surface area (Å²) in [5.74, 6) is 0.902. The Hall–Kier alpha value is -2.11. The van der Waals surface area contributed by atoms with Gasteiger partial charge >= 0.3 is 0 Å². The first kappa shape index (κ1) is 20.8. The molecule has 0 aromatic heterocycles. The summed E-state index contributed by atoms with van der Waals surface area (Å²) in [6.07, 6.45) is 0.574. The highest BCUT2D eigenvalue weighted by Gasteiger charge is 2.42. The minimum atomic E-state index is -0.273. The monoisotopic (exact) mass is 538 g/mol. The van der Waals surface area contributed by atoms with Crippen molar-refractivity contribution in [3.63, 3.8) is 0 Å². The molecule has 3 aromatic rings. The van der Waals surface area contributed by atoms with Crippen molar-refractivity contribution in [3.05, 3.63) is 97.9 Å². The highest BCUT2D eigenvalue weighted by molar-refractivity contribution is 9.11. The number of fused-ring (bicyclic) bond motifs is 3. The van der Waals surface area contributed by atoms with E-state index in [1.807, 2.05) is 12.1 Å². The molecule has 0 spiro atoms. The van der Waals surface area contributed by atoms with E-state index in [0.29, 0.717) is 0 Å². The lowest BCUT2D eigenvalue weighted by Gasteiger charge is -2.39. The fourth-order valence-electron chi connectivity index (χ4n) is 4.29. The topological polar surface area (TPSA) is 24.8 Å². The highest BCUT2D eigenvalue weighted by atomic mass is 79.9. The molecule has 5 heteroatoms. The lowest BCUT2D eigenvalue weighted by molar-refractivity contribution is -0.0197. The number of benzene rings is 3. The highest BCUT2D eigenvalue weighted by Crippen LogP contribution is 2.50. The summed E-state index contributed by atoms with van der Waals surface area (Å²) in [5, 5.41) is 7.20. The van der Waals surface area contributed by atoms with Crippen molar-refractivity contribution in [2.24, 2.45) is 5.10 Å². The van der Waals surface area contributed by atoms with Gasteiger partial charge in [-0.25, -0.2) is 5.01 Å². The van der Waals surface area contributed by atoms with Crippen LogP contribution in [0.1, 0.15) is 61.7 Å². The van der Waals surface area contributed by atoms with Gasteiger partial charge in [0.05, 0.1) is 16.2 Å². The standard InChI is InChI=1S/C26H24Br2N2O/c1-26(2,3)18-11-9-17(10-12-18)25-30-23(15-22(29-30)16-7-5-4-6-8-16)20-13-19(27)14-21(28)24(20)31-25/h4-14,23,25H,15H2,1-3H3/t23-,25-/m1/s1. The predicted molar refractivity (Wildman–Crippen MR) is 133 cm³/mol. The molecule has 0 bridgehead atoms. The van der Waals surface area contributed by atoms with E-state index in [9.17, 15) is 0 Å². The molecule has 2 aliphatic heterocycles. The smallest absolute Gasteiger partial charge is 0.213 e. The predicted octanol–water partition coefficient (Wildman–Crippen LogP) is 7.75. The van der Waals surface area contributed by atoms with Crippen molar-refractivity contribution in [1.29, 1.82) is 0 Å². The second-order valence-corrected chi connectivity index (χ2v) is 10.9. The van der Waals surface area contributed by atoms with Gasteiger partial charge in [0.25, 0.3) is 0 Å². The molecule has 3 aromatic carbocycles. The van der Waals surface area contributed by atoms with Crippen LogP contribution in [0.15, 0.2) is 80.8 Å². The molecule has 3 nitrogen and oxygen atoms in total. The number of nitrogens with zero attached hydrogens (tertiary/aromatic N) is 2. The van der Waals surface area contributed by atoms with Gasteiger partial charge in [0, 0.05) is 22.0 Å². The molecule has 0 amide bonds. The number of ether oxygens (including phenoxy) is 1. The van der Waals surface area contributed by atoms with E-state index in [1.165, 1.54) is 5.56 Å². The Morgan fingerprint density at radius 3 is 2.35 bits per heavy atom. The first-order valence-corrected chi connectivity index (χ1v) is 12.1. The fraction of sp³-hybridized carbons (Fsp3) is 0.269. The van der Waals surface area contributed by atoms with Crippen LogP contribution in [0.3, 0.4) is 0 Å². The molecule has 158 valence electrons. The van der Waals surface area contributed by atoms with Crippen molar-refractivity contribution in [2.75, 3.05) is 0 Å². The van der Waals surface area contributed by atoms with Crippen LogP contribution in [-0.4, -0.2) is 10.7 Å². The van der Waals surface area contributed by atoms with Crippen LogP contribution < -0.4 is 4.74 Å². The zero-order valence-electron chi connectivity index (χ0n) is 17.8. The Morgan fingerprint density at radius 1 is 0.968 bits per heavy atom. The van der Waals surface area contributed by atoms with E-state index in [2.05, 4.69) is 112 Å². The minimum absolute atomic E-state index is 0.114. The van der Waals surface area contributed by atoms with Gasteiger partial charge in [-0.3, -0.25) is 0 Å². The van der Waals surface area contributed by atoms with Crippen molar-refractivity contribution in [3.8, 4) is 5.75 Å². The average Bonchev–Trinajstić information content (AvgIpc) is 3.19. The molecule has 31 heavy (non-hydrogen) atoms. The number of hydrogen-bond acceptors (Lipinski definition) is 3. The molecular weight excluding hydrogens is 516 g/mol. The van der Waals surface area contributed by atoms with Gasteiger partial charge in [-0.2, -0.15) is 5.10 Å². The Bertz CT molecular complexity index is 1150. The van der Waals surface area contributed by atoms with Crippen LogP contribution >= 0.6 is 31.9 Å². The van der Waals surface area contributed by atoms with Gasteiger partial charge in [0.1, 0.15) is 5.75 Å². The molecular formula is C26H24Br2N2O. The molecule has 0 saturated carbocycles. The Balaban J connectivity index is 1.60. The molecule has 0 fully saturated rings. The second-order valence-electron chi connectivity index (χ2n) is 9.16. The fourth-order valence-corrected chi connectivity index (χ4v) is 5.64. The average molecular weight is 540 g/mol. The molecule has 0 radical (unpaired) electrons. The first-order valence-electron chi connectivity index (χ1n) is 10.5. The van der Waals surface area contributed by atoms with Gasteiger partial charge in [-0.1, -0.05) is 91.3 Å². The van der Waals surface area contributed by atoms with Crippen LogP contribution in [0.2, 0.25) is 0 Å². The zero-order valence-corrected chi connectivity index (χ0v) is 20.9. The molecule has 5 rings (SSSR count). The summed E-state index contributed by atoms with van der Waals surface area (Å²) in [4.78, 5) is 0. The van der Waals surface area contributed by atoms with Crippen molar-refractivity contribution < 1.29 is 4.74 Å². The van der Waals surface area contributed by atoms with Crippen molar-refractivity contribution in [2.45, 2.75) is 44.9 Å². The second kappa shape index (κ2) is 7.79. The van der Waals surface area contributed by atoms with Crippen LogP contribution in [0.25, 0.3) is 0 Å². The molecule has 2 atom stereocenters. The van der Waals surface area contributed by atoms with Crippen molar-refractivity contribution in [1.82, 2.24) is 5.01 Å². The SMILES string of the molecule is CC(C)(C)c1ccc([C@H]2Oc3c(Br)cc(Br)cc3[C@H]3CC(c4ccccc4)=NN32)cc1. The third-order valence-electron chi connectivity index (χ3n) is 5.98. The summed E-state index contributed by atoms with van der Waals surface area (Å²) < 4.78 is 8.57. The number of halogens is 2. The Morgan fingerprint density at radius 2 is 1.68 bits per heavy atom. The van der Waals surface area contributed by atoms with E-state index in [0.717, 1.165) is 43.5 Å². The summed E-state index contributed by atoms with van der Waals surface area (Å²) in [5.41, 5.74) is 5.94. The first-order chi connectivity index (χ1) is 14.8. The molecule has 0 unspecified atom stereocenters. The van der Waals surface area contributed by atoms with Gasteiger partial charge in [-0.15, -0.1) is 0 Å². The summed E-state index contributed by atoms with van der Waals surface area (Å²) in [7, 11) is 0. The Labute approximate surface area is 200 Å². The van der Waals surface area contributed by atoms with Crippen LogP contribution in [-0.2, 0) is 5.41 Å². The van der Waals surface area contributed by atoms with E-state index >= 15 is 0 Å². The van der Waals surface area contributed by atoms with Crippen molar-refractivity contribution >= 4 is 37.6 Å². The molecule has 0 saturated heterocycles. The third-order valence-corrected chi connectivity index (χ3v) is 7.02. The summed E-state index contributed by atoms with van der Waals surface area (Å²) in [6, 6.07) is 23.5. The van der Waals surface area contributed by atoms with E-state index < -0.39 is 0 Å². The number of hydrazone groups is 1. The van der Waals surface area contributed by atoms with Crippen LogP contribution in [0, 0.1) is 0 Å².